The first-order valence-corrected chi connectivity index (χ1v) is 11.9. The summed E-state index contributed by atoms with van der Waals surface area (Å²) in [4.78, 5) is 29.8. The Morgan fingerprint density at radius 2 is 1.82 bits per heavy atom. The molecule has 0 radical (unpaired) electrons. The number of carbonyl (C=O) groups is 2. The van der Waals surface area contributed by atoms with Crippen molar-refractivity contribution in [3.63, 3.8) is 0 Å². The molecule has 0 aliphatic rings. The number of fused-ring (bicyclic) bond motifs is 1. The number of aromatic nitrogens is 3. The number of esters is 1. The lowest BCUT2D eigenvalue weighted by atomic mass is 10.1. The zero-order valence-corrected chi connectivity index (χ0v) is 21.1. The number of nitrogens with two attached hydrogens (primary N) is 1. The molecular weight excluding hydrogens is 496 g/mol. The molecule has 1 amide bonds. The maximum absolute atomic E-state index is 14.1. The molecule has 1 aromatic carbocycles. The first kappa shape index (κ1) is 26.7. The standard InChI is InChI=1S/C27H27F2N5O4/c1-4-37-27(36)21-10-6-9-20(31-21)22(13-30)32-26(35)25-16(3)33-34-23(25)11-15(2)12-24(34)38-14-17-18(28)7-5-8-19(17)29/h5-12,22H,4,13-14,30H2,1-3H3,(H,32,35). The molecule has 0 fully saturated rings. The number of carbonyl (C=O) groups excluding carboxylic acids is 2. The van der Waals surface area contributed by atoms with Crippen LogP contribution in [0.3, 0.4) is 0 Å². The van der Waals surface area contributed by atoms with Gasteiger partial charge in [-0.3, -0.25) is 4.79 Å². The largest absolute Gasteiger partial charge is 0.473 e. The number of amides is 1. The molecule has 0 aliphatic heterocycles. The molecule has 0 bridgehead atoms. The summed E-state index contributed by atoms with van der Waals surface area (Å²) in [5.74, 6) is -2.27. The number of nitrogens with zero attached hydrogens (tertiary/aromatic N) is 3. The maximum atomic E-state index is 14.1. The molecule has 0 saturated carbocycles. The molecule has 0 saturated heterocycles. The predicted octanol–water partition coefficient (Wildman–Crippen LogP) is 3.81. The molecule has 3 aromatic heterocycles. The van der Waals surface area contributed by atoms with Crippen LogP contribution in [0.2, 0.25) is 0 Å². The van der Waals surface area contributed by atoms with Gasteiger partial charge >= 0.3 is 5.97 Å². The molecule has 1 unspecified atom stereocenters. The predicted molar refractivity (Wildman–Crippen MR) is 135 cm³/mol. The van der Waals surface area contributed by atoms with Gasteiger partial charge in [-0.15, -0.1) is 0 Å². The summed E-state index contributed by atoms with van der Waals surface area (Å²) in [5.41, 5.74) is 8.08. The van der Waals surface area contributed by atoms with Crippen molar-refractivity contribution in [3.05, 3.63) is 93.9 Å². The van der Waals surface area contributed by atoms with E-state index in [0.717, 1.165) is 17.7 Å². The lowest BCUT2D eigenvalue weighted by Gasteiger charge is -2.17. The van der Waals surface area contributed by atoms with E-state index in [1.165, 1.54) is 16.6 Å². The number of rotatable bonds is 9. The number of hydrogen-bond acceptors (Lipinski definition) is 7. The highest BCUT2D eigenvalue weighted by Crippen LogP contribution is 2.25. The van der Waals surface area contributed by atoms with E-state index in [9.17, 15) is 18.4 Å². The fourth-order valence-corrected chi connectivity index (χ4v) is 4.01. The molecule has 3 heterocycles. The van der Waals surface area contributed by atoms with Crippen molar-refractivity contribution in [1.29, 1.82) is 0 Å². The first-order chi connectivity index (χ1) is 18.2. The van der Waals surface area contributed by atoms with Gasteiger partial charge in [-0.25, -0.2) is 18.6 Å². The Hall–Kier alpha value is -4.38. The van der Waals surface area contributed by atoms with E-state index >= 15 is 0 Å². The fraction of sp³-hybridized carbons (Fsp3) is 0.259. The summed E-state index contributed by atoms with van der Waals surface area (Å²) in [6, 6.07) is 11.1. The van der Waals surface area contributed by atoms with Crippen LogP contribution in [0.5, 0.6) is 5.88 Å². The number of aryl methyl sites for hydroxylation is 2. The third-order valence-corrected chi connectivity index (χ3v) is 5.83. The van der Waals surface area contributed by atoms with Gasteiger partial charge in [0.1, 0.15) is 23.9 Å². The quantitative estimate of drug-likeness (QED) is 0.320. The Morgan fingerprint density at radius 1 is 1.11 bits per heavy atom. The summed E-state index contributed by atoms with van der Waals surface area (Å²) in [6.45, 7) is 5.01. The van der Waals surface area contributed by atoms with Crippen LogP contribution in [-0.2, 0) is 11.3 Å². The minimum absolute atomic E-state index is 0.0187. The van der Waals surface area contributed by atoms with Gasteiger partial charge in [-0.05, 0) is 56.7 Å². The highest BCUT2D eigenvalue weighted by molar-refractivity contribution is 6.02. The van der Waals surface area contributed by atoms with Gasteiger partial charge < -0.3 is 20.5 Å². The Balaban J connectivity index is 1.62. The third kappa shape index (κ3) is 5.47. The van der Waals surface area contributed by atoms with Crippen molar-refractivity contribution in [1.82, 2.24) is 19.9 Å². The number of halogens is 2. The number of nitrogens with one attached hydrogen (secondary N) is 1. The van der Waals surface area contributed by atoms with Crippen molar-refractivity contribution >= 4 is 17.4 Å². The minimum Gasteiger partial charge on any atom is -0.473 e. The Kier molecular flexibility index (Phi) is 7.96. The fourth-order valence-electron chi connectivity index (χ4n) is 4.01. The van der Waals surface area contributed by atoms with Crippen molar-refractivity contribution < 1.29 is 27.8 Å². The van der Waals surface area contributed by atoms with Gasteiger partial charge in [0.15, 0.2) is 0 Å². The summed E-state index contributed by atoms with van der Waals surface area (Å²) in [7, 11) is 0. The lowest BCUT2D eigenvalue weighted by molar-refractivity contribution is 0.0519. The zero-order chi connectivity index (χ0) is 27.4. The van der Waals surface area contributed by atoms with Crippen LogP contribution in [0.25, 0.3) is 5.52 Å². The van der Waals surface area contributed by atoms with Crippen molar-refractivity contribution in [3.8, 4) is 5.88 Å². The van der Waals surface area contributed by atoms with E-state index in [1.54, 1.807) is 45.0 Å². The maximum Gasteiger partial charge on any atom is 0.356 e. The SMILES string of the molecule is CCOC(=O)c1cccc(C(CN)NC(=O)c2c(C)nn3c(OCc4c(F)cccc4F)cc(C)cc23)n1. The van der Waals surface area contributed by atoms with Gasteiger partial charge in [0.25, 0.3) is 5.91 Å². The number of pyridine rings is 2. The van der Waals surface area contributed by atoms with Crippen LogP contribution in [0.1, 0.15) is 56.3 Å². The molecule has 9 nitrogen and oxygen atoms in total. The smallest absolute Gasteiger partial charge is 0.356 e. The Morgan fingerprint density at radius 3 is 2.50 bits per heavy atom. The average Bonchev–Trinajstić information content (AvgIpc) is 3.22. The zero-order valence-electron chi connectivity index (χ0n) is 21.1. The summed E-state index contributed by atoms with van der Waals surface area (Å²) >= 11 is 0. The number of ether oxygens (including phenoxy) is 2. The molecular formula is C27H27F2N5O4. The second-order valence-electron chi connectivity index (χ2n) is 8.55. The second-order valence-corrected chi connectivity index (χ2v) is 8.55. The Bertz CT molecular complexity index is 1480. The van der Waals surface area contributed by atoms with Crippen molar-refractivity contribution in [2.75, 3.05) is 13.2 Å². The summed E-state index contributed by atoms with van der Waals surface area (Å²) in [5, 5.41) is 7.29. The molecule has 38 heavy (non-hydrogen) atoms. The van der Waals surface area contributed by atoms with Crippen LogP contribution >= 0.6 is 0 Å². The van der Waals surface area contributed by atoms with Crippen LogP contribution in [0.15, 0.2) is 48.5 Å². The molecule has 0 spiro atoms. The van der Waals surface area contributed by atoms with Gasteiger partial charge in [0, 0.05) is 12.6 Å². The average molecular weight is 524 g/mol. The van der Waals surface area contributed by atoms with E-state index < -0.39 is 29.6 Å². The molecule has 0 aliphatic carbocycles. The Labute approximate surface area is 217 Å². The van der Waals surface area contributed by atoms with E-state index in [-0.39, 0.29) is 42.5 Å². The molecule has 4 rings (SSSR count). The van der Waals surface area contributed by atoms with E-state index in [0.29, 0.717) is 16.9 Å². The van der Waals surface area contributed by atoms with Crippen LogP contribution < -0.4 is 15.8 Å². The topological polar surface area (TPSA) is 121 Å². The highest BCUT2D eigenvalue weighted by Gasteiger charge is 2.24. The van der Waals surface area contributed by atoms with E-state index in [1.807, 2.05) is 0 Å². The second kappa shape index (κ2) is 11.3. The summed E-state index contributed by atoms with van der Waals surface area (Å²) < 4.78 is 40.3. The first-order valence-electron chi connectivity index (χ1n) is 11.9. The summed E-state index contributed by atoms with van der Waals surface area (Å²) in [6.07, 6.45) is 0. The molecule has 3 N–H and O–H groups in total. The van der Waals surface area contributed by atoms with E-state index in [2.05, 4.69) is 15.4 Å². The van der Waals surface area contributed by atoms with Crippen molar-refractivity contribution in [2.24, 2.45) is 5.73 Å². The number of hydrogen-bond donors (Lipinski definition) is 2. The molecule has 1 atom stereocenters. The van der Waals surface area contributed by atoms with Crippen LogP contribution in [0.4, 0.5) is 8.78 Å². The van der Waals surface area contributed by atoms with E-state index in [4.69, 9.17) is 15.2 Å². The number of benzene rings is 1. The normalized spacial score (nSPS) is 11.8. The minimum atomic E-state index is -0.723. The van der Waals surface area contributed by atoms with Gasteiger partial charge in [-0.1, -0.05) is 12.1 Å². The molecule has 198 valence electrons. The monoisotopic (exact) mass is 523 g/mol. The molecule has 4 aromatic rings. The van der Waals surface area contributed by atoms with Crippen molar-refractivity contribution in [2.45, 2.75) is 33.4 Å². The van der Waals surface area contributed by atoms with Crippen LogP contribution in [-0.4, -0.2) is 39.6 Å². The van der Waals surface area contributed by atoms with Gasteiger partial charge in [0.2, 0.25) is 5.88 Å². The lowest BCUT2D eigenvalue weighted by Crippen LogP contribution is -2.34. The van der Waals surface area contributed by atoms with Crippen LogP contribution in [0, 0.1) is 25.5 Å². The third-order valence-electron chi connectivity index (χ3n) is 5.83. The highest BCUT2D eigenvalue weighted by atomic mass is 19.1. The molecule has 11 heteroatoms. The van der Waals surface area contributed by atoms with Gasteiger partial charge in [0.05, 0.1) is 40.7 Å². The van der Waals surface area contributed by atoms with Gasteiger partial charge in [-0.2, -0.15) is 9.61 Å².